The first kappa shape index (κ1) is 17.4. The van der Waals surface area contributed by atoms with Gasteiger partial charge in [-0.2, -0.15) is 5.10 Å². The summed E-state index contributed by atoms with van der Waals surface area (Å²) in [6.07, 6.45) is 0.158. The van der Waals surface area contributed by atoms with E-state index in [0.29, 0.717) is 13.0 Å². The SMILES string of the molecule is COc1cccc([C@H]2C[C@H](O)CN2CC(=O)Nc2c(C)n[nH]c2C)c1. The Balaban J connectivity index is 1.72. The number of rotatable bonds is 5. The van der Waals surface area contributed by atoms with E-state index in [1.54, 1.807) is 7.11 Å². The molecule has 1 aromatic heterocycles. The minimum atomic E-state index is -0.443. The Morgan fingerprint density at radius 2 is 2.28 bits per heavy atom. The van der Waals surface area contributed by atoms with Crippen LogP contribution in [0.2, 0.25) is 0 Å². The van der Waals surface area contributed by atoms with E-state index in [1.165, 1.54) is 0 Å². The van der Waals surface area contributed by atoms with Crippen molar-refractivity contribution in [3.63, 3.8) is 0 Å². The molecule has 7 heteroatoms. The number of carbonyl (C=O) groups excluding carboxylic acids is 1. The van der Waals surface area contributed by atoms with Gasteiger partial charge in [-0.05, 0) is 38.0 Å². The van der Waals surface area contributed by atoms with E-state index in [1.807, 2.05) is 43.0 Å². The fourth-order valence-electron chi connectivity index (χ4n) is 3.35. The summed E-state index contributed by atoms with van der Waals surface area (Å²) in [5.41, 5.74) is 3.36. The van der Waals surface area contributed by atoms with E-state index in [0.717, 1.165) is 28.4 Å². The Labute approximate surface area is 147 Å². The summed E-state index contributed by atoms with van der Waals surface area (Å²) in [6.45, 7) is 4.40. The second-order valence-corrected chi connectivity index (χ2v) is 6.47. The van der Waals surface area contributed by atoms with E-state index in [-0.39, 0.29) is 18.5 Å². The lowest BCUT2D eigenvalue weighted by molar-refractivity contribution is -0.117. The van der Waals surface area contributed by atoms with Gasteiger partial charge in [0.15, 0.2) is 0 Å². The number of hydrogen-bond donors (Lipinski definition) is 3. The third-order valence-electron chi connectivity index (χ3n) is 4.60. The van der Waals surface area contributed by atoms with E-state index in [2.05, 4.69) is 15.5 Å². The molecule has 2 atom stereocenters. The van der Waals surface area contributed by atoms with Crippen molar-refractivity contribution >= 4 is 11.6 Å². The number of β-amino-alcohol motifs (C(OH)–C–C–N with tert-alkyl or cyclic N) is 1. The summed E-state index contributed by atoms with van der Waals surface area (Å²) >= 11 is 0. The number of nitrogens with one attached hydrogen (secondary N) is 2. The molecule has 3 rings (SSSR count). The van der Waals surface area contributed by atoms with Crippen molar-refractivity contribution in [3.05, 3.63) is 41.2 Å². The van der Waals surface area contributed by atoms with Gasteiger partial charge in [0.1, 0.15) is 5.75 Å². The molecule has 3 N–H and O–H groups in total. The number of ether oxygens (including phenoxy) is 1. The predicted molar refractivity (Wildman–Crippen MR) is 94.6 cm³/mol. The maximum Gasteiger partial charge on any atom is 0.238 e. The van der Waals surface area contributed by atoms with Crippen LogP contribution in [0.3, 0.4) is 0 Å². The third kappa shape index (κ3) is 3.83. The van der Waals surface area contributed by atoms with Crippen molar-refractivity contribution in [2.75, 3.05) is 25.5 Å². The molecule has 7 nitrogen and oxygen atoms in total. The Kier molecular flexibility index (Phi) is 5.06. The predicted octanol–water partition coefficient (Wildman–Crippen LogP) is 1.78. The van der Waals surface area contributed by atoms with Gasteiger partial charge in [0.05, 0.1) is 36.8 Å². The average Bonchev–Trinajstić information content (AvgIpc) is 3.11. The highest BCUT2D eigenvalue weighted by Gasteiger charge is 2.33. The summed E-state index contributed by atoms with van der Waals surface area (Å²) in [6, 6.07) is 7.76. The summed E-state index contributed by atoms with van der Waals surface area (Å²) in [5.74, 6) is 0.655. The highest BCUT2D eigenvalue weighted by molar-refractivity contribution is 5.93. The number of methoxy groups -OCH3 is 1. The number of likely N-dealkylation sites (tertiary alicyclic amines) is 1. The minimum absolute atomic E-state index is 0.0117. The Morgan fingerprint density at radius 1 is 1.48 bits per heavy atom. The number of anilines is 1. The number of carbonyl (C=O) groups is 1. The maximum atomic E-state index is 12.5. The number of hydrogen-bond acceptors (Lipinski definition) is 5. The number of aryl methyl sites for hydroxylation is 2. The molecule has 134 valence electrons. The Bertz CT molecular complexity index is 739. The monoisotopic (exact) mass is 344 g/mol. The molecule has 1 fully saturated rings. The number of benzene rings is 1. The van der Waals surface area contributed by atoms with Gasteiger partial charge in [-0.25, -0.2) is 0 Å². The molecule has 1 aromatic carbocycles. The largest absolute Gasteiger partial charge is 0.497 e. The quantitative estimate of drug-likeness (QED) is 0.769. The van der Waals surface area contributed by atoms with E-state index in [4.69, 9.17) is 4.74 Å². The first-order valence-corrected chi connectivity index (χ1v) is 8.35. The molecule has 2 heterocycles. The van der Waals surface area contributed by atoms with Crippen LogP contribution in [0.25, 0.3) is 0 Å². The summed E-state index contributed by atoms with van der Waals surface area (Å²) in [7, 11) is 1.63. The van der Waals surface area contributed by atoms with Crippen molar-refractivity contribution in [2.45, 2.75) is 32.4 Å². The van der Waals surface area contributed by atoms with Crippen LogP contribution in [0.5, 0.6) is 5.75 Å². The molecule has 0 aliphatic carbocycles. The van der Waals surface area contributed by atoms with Gasteiger partial charge in [0.25, 0.3) is 0 Å². The minimum Gasteiger partial charge on any atom is -0.497 e. The van der Waals surface area contributed by atoms with Crippen LogP contribution in [0.15, 0.2) is 24.3 Å². The first-order valence-electron chi connectivity index (χ1n) is 8.35. The topological polar surface area (TPSA) is 90.5 Å². The molecule has 0 saturated carbocycles. The molecule has 1 saturated heterocycles. The third-order valence-corrected chi connectivity index (χ3v) is 4.60. The molecule has 1 aliphatic rings. The van der Waals surface area contributed by atoms with Crippen LogP contribution in [-0.2, 0) is 4.79 Å². The highest BCUT2D eigenvalue weighted by atomic mass is 16.5. The van der Waals surface area contributed by atoms with Gasteiger partial charge >= 0.3 is 0 Å². The lowest BCUT2D eigenvalue weighted by atomic mass is 10.0. The van der Waals surface area contributed by atoms with Gasteiger partial charge in [0.2, 0.25) is 5.91 Å². The van der Waals surface area contributed by atoms with Gasteiger partial charge in [0, 0.05) is 12.6 Å². The van der Waals surface area contributed by atoms with E-state index < -0.39 is 6.10 Å². The molecule has 0 radical (unpaired) electrons. The zero-order chi connectivity index (χ0) is 18.0. The number of aliphatic hydroxyl groups is 1. The molecular weight excluding hydrogens is 320 g/mol. The standard InChI is InChI=1S/C18H24N4O3/c1-11-18(12(2)21-20-11)19-17(24)10-22-9-14(23)8-16(22)13-5-4-6-15(7-13)25-3/h4-7,14,16,23H,8-10H2,1-3H3,(H,19,24)(H,20,21)/t14-,16+/m0/s1. The van der Waals surface area contributed by atoms with Crippen LogP contribution in [-0.4, -0.2) is 52.4 Å². The summed E-state index contributed by atoms with van der Waals surface area (Å²) < 4.78 is 5.28. The summed E-state index contributed by atoms with van der Waals surface area (Å²) in [5, 5.41) is 20.0. The second kappa shape index (κ2) is 7.25. The van der Waals surface area contributed by atoms with Gasteiger partial charge in [-0.15, -0.1) is 0 Å². The zero-order valence-corrected chi connectivity index (χ0v) is 14.7. The molecule has 2 aromatic rings. The molecular formula is C18H24N4O3. The lowest BCUT2D eigenvalue weighted by Gasteiger charge is -2.24. The van der Waals surface area contributed by atoms with Crippen LogP contribution in [0.4, 0.5) is 5.69 Å². The van der Waals surface area contributed by atoms with E-state index in [9.17, 15) is 9.90 Å². The summed E-state index contributed by atoms with van der Waals surface area (Å²) in [4.78, 5) is 14.5. The molecule has 0 spiro atoms. The van der Waals surface area contributed by atoms with Gasteiger partial charge < -0.3 is 15.2 Å². The van der Waals surface area contributed by atoms with E-state index >= 15 is 0 Å². The number of aliphatic hydroxyl groups excluding tert-OH is 1. The number of nitrogens with zero attached hydrogens (tertiary/aromatic N) is 2. The smallest absolute Gasteiger partial charge is 0.238 e. The molecule has 1 amide bonds. The average molecular weight is 344 g/mol. The number of aromatic amines is 1. The van der Waals surface area contributed by atoms with Crippen molar-refractivity contribution in [1.82, 2.24) is 15.1 Å². The highest BCUT2D eigenvalue weighted by Crippen LogP contribution is 2.33. The zero-order valence-electron chi connectivity index (χ0n) is 14.7. The van der Waals surface area contributed by atoms with Gasteiger partial charge in [-0.1, -0.05) is 12.1 Å². The maximum absolute atomic E-state index is 12.5. The molecule has 1 aliphatic heterocycles. The second-order valence-electron chi connectivity index (χ2n) is 6.47. The van der Waals surface area contributed by atoms with Gasteiger partial charge in [-0.3, -0.25) is 14.8 Å². The Morgan fingerprint density at radius 3 is 2.96 bits per heavy atom. The number of amides is 1. The fourth-order valence-corrected chi connectivity index (χ4v) is 3.35. The fraction of sp³-hybridized carbons (Fsp3) is 0.444. The molecule has 0 unspecified atom stereocenters. The normalized spacial score (nSPS) is 20.6. The number of aromatic nitrogens is 2. The van der Waals surface area contributed by atoms with Crippen LogP contribution < -0.4 is 10.1 Å². The number of H-pyrrole nitrogens is 1. The van der Waals surface area contributed by atoms with Crippen molar-refractivity contribution in [3.8, 4) is 5.75 Å². The molecule has 25 heavy (non-hydrogen) atoms. The molecule has 0 bridgehead atoms. The van der Waals surface area contributed by atoms with Crippen molar-refractivity contribution < 1.29 is 14.6 Å². The van der Waals surface area contributed by atoms with Crippen LogP contribution in [0, 0.1) is 13.8 Å². The first-order chi connectivity index (χ1) is 12.0. The Hall–Kier alpha value is -2.38. The van der Waals surface area contributed by atoms with Crippen molar-refractivity contribution in [2.24, 2.45) is 0 Å². The lowest BCUT2D eigenvalue weighted by Crippen LogP contribution is -2.34. The van der Waals surface area contributed by atoms with Crippen LogP contribution >= 0.6 is 0 Å². The van der Waals surface area contributed by atoms with Crippen LogP contribution in [0.1, 0.15) is 29.4 Å². The van der Waals surface area contributed by atoms with Crippen molar-refractivity contribution in [1.29, 1.82) is 0 Å².